The maximum atomic E-state index is 14.0. The van der Waals surface area contributed by atoms with E-state index in [0.29, 0.717) is 5.54 Å². The predicted molar refractivity (Wildman–Crippen MR) is 185 cm³/mol. The normalized spacial score (nSPS) is 23.1. The number of halogens is 3. The molecule has 7 atom stereocenters. The average Bonchev–Trinajstić information content (AvgIpc) is 3.42. The first kappa shape index (κ1) is 44.6. The second-order valence-electron chi connectivity index (χ2n) is 12.7. The highest BCUT2D eigenvalue weighted by molar-refractivity contribution is 6.44. The van der Waals surface area contributed by atoms with Crippen LogP contribution in [0.1, 0.15) is 59.3 Å². The predicted octanol–water partition coefficient (Wildman–Crippen LogP) is -1.49. The lowest BCUT2D eigenvalue weighted by atomic mass is 9.96. The van der Waals surface area contributed by atoms with Crippen molar-refractivity contribution >= 4 is 76.1 Å². The molecular formula is C31H45Cl3N6O12. The number of hydrogen-bond acceptors (Lipinski definition) is 12. The highest BCUT2D eigenvalue weighted by atomic mass is 35.5. The quantitative estimate of drug-likeness (QED) is 0.0514. The first-order chi connectivity index (χ1) is 24.3. The standard InChI is InChI=1S/C31H45Cl3N6O12/c1-12(2)23-22(28(46)38-17(11-32)26(44)37-16(30(48)49)10-14-18(41)6-7-20(14)52-23)40-27(45)21(19(42)5-4-8-35)39-25(43)15(9-13(3)24(33)34)36-29(47)31(50)51/h11-13,15-16,19,21-24,31,42,50-51H,4-10,35H2,1-3H3,(H,36,47)(H,37,44)(H,38,46)(H,39,43)(H,40,45)(H,48,49)/b17-11+/t13?,15-,16?,19+,21-,22?,23-/m0/s1. The SMILES string of the molecule is CC(C[C@H](NC(=O)C(O)O)C(=O)N[C@H](C(=O)NC1C(=O)N/C(=C/Cl)C(=O)NC(C(=O)O)CC2=C(CCC2=O)O[C@H]1C(C)C)[C@H](O)CCCN)C(Cl)Cl. The fourth-order valence-corrected chi connectivity index (χ4v) is 5.72. The van der Waals surface area contributed by atoms with Crippen LogP contribution in [0.15, 0.2) is 22.6 Å². The van der Waals surface area contributed by atoms with Gasteiger partial charge in [0.1, 0.15) is 46.6 Å². The average molecular weight is 800 g/mol. The van der Waals surface area contributed by atoms with Crippen molar-refractivity contribution in [2.24, 2.45) is 17.6 Å². The fourth-order valence-electron chi connectivity index (χ4n) is 5.36. The number of carbonyl (C=O) groups is 7. The zero-order valence-corrected chi connectivity index (χ0v) is 30.8. The van der Waals surface area contributed by atoms with Crippen molar-refractivity contribution in [3.05, 3.63) is 22.6 Å². The van der Waals surface area contributed by atoms with Gasteiger partial charge in [-0.2, -0.15) is 0 Å². The minimum atomic E-state index is -2.51. The molecule has 0 aromatic rings. The number of carboxylic acids is 1. The minimum Gasteiger partial charge on any atom is -0.491 e. The Bertz CT molecular complexity index is 1430. The summed E-state index contributed by atoms with van der Waals surface area (Å²) in [5, 5.41) is 50.8. The minimum absolute atomic E-state index is 0.0306. The molecule has 1 aliphatic heterocycles. The number of aliphatic hydroxyl groups excluding tert-OH is 2. The van der Waals surface area contributed by atoms with E-state index in [1.165, 1.54) is 6.92 Å². The van der Waals surface area contributed by atoms with Crippen LogP contribution in [0.25, 0.3) is 0 Å². The van der Waals surface area contributed by atoms with Gasteiger partial charge < -0.3 is 57.5 Å². The summed E-state index contributed by atoms with van der Waals surface area (Å²) in [6.07, 6.45) is -6.12. The Morgan fingerprint density at radius 1 is 1.02 bits per heavy atom. The third-order valence-corrected chi connectivity index (χ3v) is 9.37. The number of ether oxygens (including phenoxy) is 1. The van der Waals surface area contributed by atoms with Gasteiger partial charge >= 0.3 is 5.97 Å². The third kappa shape index (κ3) is 12.6. The van der Waals surface area contributed by atoms with Crippen molar-refractivity contribution in [3.8, 4) is 0 Å². The van der Waals surface area contributed by atoms with Crippen molar-refractivity contribution in [3.63, 3.8) is 0 Å². The summed E-state index contributed by atoms with van der Waals surface area (Å²) in [5.41, 5.74) is 5.61. The molecule has 5 amide bonds. The Labute approximate surface area is 314 Å². The Morgan fingerprint density at radius 2 is 1.67 bits per heavy atom. The van der Waals surface area contributed by atoms with Crippen molar-refractivity contribution in [2.45, 2.75) is 107 Å². The summed E-state index contributed by atoms with van der Waals surface area (Å²) in [4.78, 5) is 90.4. The number of aliphatic carboxylic acids is 1. The van der Waals surface area contributed by atoms with E-state index in [0.717, 1.165) is 0 Å². The highest BCUT2D eigenvalue weighted by Gasteiger charge is 2.42. The molecule has 0 fully saturated rings. The van der Waals surface area contributed by atoms with Crippen LogP contribution < -0.4 is 32.3 Å². The van der Waals surface area contributed by atoms with Crippen LogP contribution in [-0.2, 0) is 38.3 Å². The summed E-state index contributed by atoms with van der Waals surface area (Å²) in [5.74, 6) is -8.91. The summed E-state index contributed by atoms with van der Waals surface area (Å²) in [6, 6.07) is -6.69. The van der Waals surface area contributed by atoms with Crippen LogP contribution >= 0.6 is 34.8 Å². The fraction of sp³-hybridized carbons (Fsp3) is 0.645. The number of nitrogens with one attached hydrogen (secondary N) is 5. The van der Waals surface area contributed by atoms with Crippen molar-refractivity contribution < 1.29 is 58.7 Å². The van der Waals surface area contributed by atoms with Gasteiger partial charge in [0, 0.05) is 30.4 Å². The molecule has 18 nitrogen and oxygen atoms in total. The summed E-state index contributed by atoms with van der Waals surface area (Å²) in [7, 11) is 0. The molecule has 0 bridgehead atoms. The van der Waals surface area contributed by atoms with Crippen molar-refractivity contribution in [1.82, 2.24) is 26.6 Å². The van der Waals surface area contributed by atoms with Crippen LogP contribution in [0.3, 0.4) is 0 Å². The van der Waals surface area contributed by atoms with Gasteiger partial charge in [0.05, 0.1) is 6.10 Å². The van der Waals surface area contributed by atoms with E-state index < -0.39 is 113 Å². The number of ketones is 1. The van der Waals surface area contributed by atoms with E-state index in [1.54, 1.807) is 13.8 Å². The molecule has 1 heterocycles. The highest BCUT2D eigenvalue weighted by Crippen LogP contribution is 2.31. The number of nitrogens with two attached hydrogens (primary N) is 1. The third-order valence-electron chi connectivity index (χ3n) is 8.29. The summed E-state index contributed by atoms with van der Waals surface area (Å²) < 4.78 is 6.18. The smallest absolute Gasteiger partial charge is 0.326 e. The molecule has 0 radical (unpaired) electrons. The molecule has 0 saturated heterocycles. The number of hydrogen-bond donors (Lipinski definition) is 10. The van der Waals surface area contributed by atoms with E-state index in [1.807, 2.05) is 0 Å². The van der Waals surface area contributed by atoms with Crippen LogP contribution in [0, 0.1) is 11.8 Å². The zero-order chi connectivity index (χ0) is 39.4. The van der Waals surface area contributed by atoms with Gasteiger partial charge in [-0.15, -0.1) is 23.2 Å². The molecule has 11 N–H and O–H groups in total. The van der Waals surface area contributed by atoms with E-state index in [-0.39, 0.29) is 50.0 Å². The molecule has 0 spiro atoms. The lowest BCUT2D eigenvalue weighted by Gasteiger charge is -2.34. The monoisotopic (exact) mass is 798 g/mol. The van der Waals surface area contributed by atoms with Gasteiger partial charge in [-0.3, -0.25) is 28.8 Å². The van der Waals surface area contributed by atoms with Gasteiger partial charge in [-0.25, -0.2) is 4.79 Å². The summed E-state index contributed by atoms with van der Waals surface area (Å²) >= 11 is 17.7. The number of amides is 5. The van der Waals surface area contributed by atoms with Crippen molar-refractivity contribution in [2.75, 3.05) is 6.54 Å². The maximum Gasteiger partial charge on any atom is 0.326 e. The number of carboxylic acid groups (broad SMARTS) is 1. The second kappa shape index (κ2) is 20.6. The summed E-state index contributed by atoms with van der Waals surface area (Å²) in [6.45, 7) is 4.85. The van der Waals surface area contributed by atoms with Gasteiger partial charge in [0.2, 0.25) is 18.1 Å². The molecule has 0 aromatic carbocycles. The first-order valence-electron chi connectivity index (χ1n) is 16.3. The van der Waals surface area contributed by atoms with Gasteiger partial charge in [-0.1, -0.05) is 32.4 Å². The molecule has 292 valence electrons. The molecule has 2 rings (SSSR count). The molecule has 0 saturated carbocycles. The lowest BCUT2D eigenvalue weighted by molar-refractivity contribution is -0.150. The van der Waals surface area contributed by atoms with E-state index in [9.17, 15) is 54.0 Å². The molecule has 1 aliphatic carbocycles. The lowest BCUT2D eigenvalue weighted by Crippen LogP contribution is -2.63. The number of aliphatic hydroxyl groups is 3. The Hall–Kier alpha value is -3.52. The topological polar surface area (TPSA) is 296 Å². The van der Waals surface area contributed by atoms with Gasteiger partial charge in [-0.05, 0) is 37.6 Å². The molecule has 21 heteroatoms. The number of carbonyl (C=O) groups excluding carboxylic acids is 6. The van der Waals surface area contributed by atoms with Gasteiger partial charge in [0.15, 0.2) is 5.78 Å². The second-order valence-corrected chi connectivity index (χ2v) is 14.1. The molecule has 52 heavy (non-hydrogen) atoms. The Balaban J connectivity index is 2.61. The van der Waals surface area contributed by atoms with Crippen LogP contribution in [0.5, 0.6) is 0 Å². The Morgan fingerprint density at radius 3 is 2.21 bits per heavy atom. The number of alkyl halides is 2. The number of allylic oxidation sites excluding steroid dienone is 1. The van der Waals surface area contributed by atoms with E-state index >= 15 is 0 Å². The maximum absolute atomic E-state index is 14.0. The molecule has 0 aromatic heterocycles. The Kier molecular flexibility index (Phi) is 17.7. The first-order valence-corrected chi connectivity index (χ1v) is 17.6. The molecule has 3 unspecified atom stereocenters. The van der Waals surface area contributed by atoms with Crippen molar-refractivity contribution in [1.29, 1.82) is 0 Å². The number of rotatable bonds is 15. The van der Waals surface area contributed by atoms with Gasteiger partial charge in [0.25, 0.3) is 17.7 Å². The van der Waals surface area contributed by atoms with E-state index in [4.69, 9.17) is 45.3 Å². The van der Waals surface area contributed by atoms with E-state index in [2.05, 4.69) is 26.6 Å². The zero-order valence-electron chi connectivity index (χ0n) is 28.6. The largest absolute Gasteiger partial charge is 0.491 e. The molecular weight excluding hydrogens is 755 g/mol. The number of Topliss-reactive ketones (excluding diaryl/α,β-unsaturated/α-hetero) is 1. The molecule has 2 aliphatic rings. The van der Waals surface area contributed by atoms with Crippen LogP contribution in [0.2, 0.25) is 0 Å². The van der Waals surface area contributed by atoms with Crippen LogP contribution in [-0.4, -0.2) is 116 Å². The van der Waals surface area contributed by atoms with Crippen LogP contribution in [0.4, 0.5) is 0 Å².